The molecule has 1 amide bonds. The molecule has 1 fully saturated rings. The van der Waals surface area contributed by atoms with Crippen LogP contribution in [0, 0.1) is 6.92 Å². The molecule has 2 aromatic carbocycles. The maximum absolute atomic E-state index is 13.5. The van der Waals surface area contributed by atoms with Crippen LogP contribution in [0.3, 0.4) is 0 Å². The molecule has 2 N–H and O–H groups in total. The number of nitrogens with zero attached hydrogens (tertiary/aromatic N) is 3. The van der Waals surface area contributed by atoms with E-state index in [-0.39, 0.29) is 17.4 Å². The van der Waals surface area contributed by atoms with Crippen molar-refractivity contribution in [2.75, 3.05) is 18.0 Å². The monoisotopic (exact) mass is 398 g/mol. The molecule has 1 unspecified atom stereocenters. The molecule has 0 saturated carbocycles. The lowest BCUT2D eigenvalue weighted by Gasteiger charge is -2.21. The maximum Gasteiger partial charge on any atom is 0.404 e. The molecule has 150 valence electrons. The Balaban J connectivity index is 1.83. The number of benzene rings is 2. The smallest absolute Gasteiger partial charge is 0.404 e. The number of hydrogen-bond donors (Lipinski definition) is 2. The summed E-state index contributed by atoms with van der Waals surface area (Å²) in [5.74, 6) is 0.868. The summed E-state index contributed by atoms with van der Waals surface area (Å²) < 4.78 is 27.1. The number of alkyl halides is 2. The topological polar surface area (TPSA) is 78.4 Å². The summed E-state index contributed by atoms with van der Waals surface area (Å²) in [4.78, 5) is 22.2. The van der Waals surface area contributed by atoms with Gasteiger partial charge in [0.2, 0.25) is 0 Å². The summed E-state index contributed by atoms with van der Waals surface area (Å²) in [6.45, 7) is 3.01. The molecule has 1 saturated heterocycles. The summed E-state index contributed by atoms with van der Waals surface area (Å²) in [6.07, 6.45) is -3.05. The largest absolute Gasteiger partial charge is 0.465 e. The number of anilines is 1. The molecule has 0 spiro atoms. The number of aryl methyl sites for hydroxylation is 1. The molecule has 2 heterocycles. The Morgan fingerprint density at radius 2 is 2.03 bits per heavy atom. The average Bonchev–Trinajstić information content (AvgIpc) is 3.14. The van der Waals surface area contributed by atoms with Crippen molar-refractivity contribution in [2.45, 2.75) is 25.8 Å². The molecule has 3 aromatic rings. The normalized spacial score (nSPS) is 16.6. The Labute approximate surface area is 166 Å². The summed E-state index contributed by atoms with van der Waals surface area (Å²) in [5.41, 5.74) is 1.86. The zero-order chi connectivity index (χ0) is 20.5. The van der Waals surface area contributed by atoms with Crippen molar-refractivity contribution in [1.29, 1.82) is 0 Å². The number of carbonyl (C=O) groups is 1. The van der Waals surface area contributed by atoms with Gasteiger partial charge in [-0.25, -0.2) is 23.5 Å². The van der Waals surface area contributed by atoms with Crippen molar-refractivity contribution in [3.63, 3.8) is 0 Å². The van der Waals surface area contributed by atoms with Gasteiger partial charge in [0.05, 0.1) is 11.6 Å². The van der Waals surface area contributed by atoms with E-state index in [4.69, 9.17) is 5.11 Å². The minimum absolute atomic E-state index is 0.114. The van der Waals surface area contributed by atoms with E-state index < -0.39 is 12.5 Å². The van der Waals surface area contributed by atoms with Crippen molar-refractivity contribution in [2.24, 2.45) is 0 Å². The van der Waals surface area contributed by atoms with Gasteiger partial charge < -0.3 is 15.3 Å². The lowest BCUT2D eigenvalue weighted by molar-refractivity contribution is 0.152. The minimum Gasteiger partial charge on any atom is -0.465 e. The predicted octanol–water partition coefficient (Wildman–Crippen LogP) is 4.39. The van der Waals surface area contributed by atoms with Gasteiger partial charge in [-0.1, -0.05) is 30.3 Å². The number of carboxylic acid groups (broad SMARTS) is 1. The van der Waals surface area contributed by atoms with Gasteiger partial charge in [-0.2, -0.15) is 0 Å². The van der Waals surface area contributed by atoms with E-state index in [9.17, 15) is 13.6 Å². The second-order valence-corrected chi connectivity index (χ2v) is 7.16. The van der Waals surface area contributed by atoms with Crippen LogP contribution in [0.1, 0.15) is 24.0 Å². The third-order valence-electron chi connectivity index (χ3n) is 5.08. The highest BCUT2D eigenvalue weighted by atomic mass is 19.3. The van der Waals surface area contributed by atoms with E-state index in [1.54, 1.807) is 18.2 Å². The van der Waals surface area contributed by atoms with E-state index in [0.717, 1.165) is 10.9 Å². The van der Waals surface area contributed by atoms with Crippen LogP contribution in [0.15, 0.2) is 42.5 Å². The average molecular weight is 398 g/mol. The molecule has 0 aliphatic carbocycles. The number of fused-ring (bicyclic) bond motifs is 1. The maximum atomic E-state index is 13.5. The fourth-order valence-electron chi connectivity index (χ4n) is 3.72. The zero-order valence-corrected chi connectivity index (χ0v) is 15.8. The molecule has 1 aromatic heterocycles. The summed E-state index contributed by atoms with van der Waals surface area (Å²) >= 11 is 0. The fourth-order valence-corrected chi connectivity index (χ4v) is 3.72. The molecule has 6 nitrogen and oxygen atoms in total. The quantitative estimate of drug-likeness (QED) is 0.682. The fraction of sp³-hybridized carbons (Fsp3) is 0.286. The van der Waals surface area contributed by atoms with E-state index in [1.807, 2.05) is 30.0 Å². The van der Waals surface area contributed by atoms with Crippen LogP contribution < -0.4 is 10.2 Å². The first-order valence-corrected chi connectivity index (χ1v) is 9.32. The molecule has 8 heteroatoms. The zero-order valence-electron chi connectivity index (χ0n) is 15.8. The van der Waals surface area contributed by atoms with Gasteiger partial charge in [0.1, 0.15) is 5.82 Å². The van der Waals surface area contributed by atoms with E-state index in [0.29, 0.717) is 36.4 Å². The Bertz CT molecular complexity index is 1070. The Kier molecular flexibility index (Phi) is 5.00. The standard InChI is InChI=1S/C21H20F2N4O2/c1-12-6-7-16-17(10-12)25-19(15-5-3-2-4-14(15)18(22)23)26-20(16)27-9-8-13(11-27)24-21(28)29/h2-7,10,13,18,24H,8-9,11H2,1H3,(H,28,29). The molecular weight excluding hydrogens is 378 g/mol. The lowest BCUT2D eigenvalue weighted by Crippen LogP contribution is -2.36. The molecule has 1 aliphatic rings. The molecule has 29 heavy (non-hydrogen) atoms. The highest BCUT2D eigenvalue weighted by molar-refractivity contribution is 5.92. The van der Waals surface area contributed by atoms with Crippen molar-refractivity contribution in [1.82, 2.24) is 15.3 Å². The van der Waals surface area contributed by atoms with Crippen LogP contribution in [0.25, 0.3) is 22.3 Å². The molecule has 0 bridgehead atoms. The van der Waals surface area contributed by atoms with Gasteiger partial charge in [-0.15, -0.1) is 0 Å². The SMILES string of the molecule is Cc1ccc2c(N3CCC(NC(=O)O)C3)nc(-c3ccccc3C(F)F)nc2c1. The van der Waals surface area contributed by atoms with Crippen LogP contribution in [-0.2, 0) is 0 Å². The first-order valence-electron chi connectivity index (χ1n) is 9.32. The van der Waals surface area contributed by atoms with Crippen LogP contribution in [0.2, 0.25) is 0 Å². The van der Waals surface area contributed by atoms with Crippen LogP contribution >= 0.6 is 0 Å². The predicted molar refractivity (Wildman–Crippen MR) is 106 cm³/mol. The lowest BCUT2D eigenvalue weighted by atomic mass is 10.1. The third-order valence-corrected chi connectivity index (χ3v) is 5.08. The number of halogens is 2. The number of amides is 1. The minimum atomic E-state index is -2.64. The Morgan fingerprint density at radius 1 is 1.24 bits per heavy atom. The molecule has 4 rings (SSSR count). The highest BCUT2D eigenvalue weighted by Crippen LogP contribution is 2.34. The van der Waals surface area contributed by atoms with Crippen molar-refractivity contribution >= 4 is 22.8 Å². The van der Waals surface area contributed by atoms with E-state index in [1.165, 1.54) is 6.07 Å². The van der Waals surface area contributed by atoms with Gasteiger partial charge in [0, 0.05) is 29.6 Å². The molecule has 1 atom stereocenters. The van der Waals surface area contributed by atoms with Crippen molar-refractivity contribution < 1.29 is 18.7 Å². The van der Waals surface area contributed by atoms with Gasteiger partial charge in [0.15, 0.2) is 5.82 Å². The molecule has 1 aliphatic heterocycles. The van der Waals surface area contributed by atoms with Crippen molar-refractivity contribution in [3.05, 3.63) is 53.6 Å². The molecular formula is C21H20F2N4O2. The highest BCUT2D eigenvalue weighted by Gasteiger charge is 2.27. The molecule has 0 radical (unpaired) electrons. The van der Waals surface area contributed by atoms with E-state index >= 15 is 0 Å². The van der Waals surface area contributed by atoms with Gasteiger partial charge in [-0.3, -0.25) is 0 Å². The number of hydrogen-bond acceptors (Lipinski definition) is 4. The van der Waals surface area contributed by atoms with Crippen LogP contribution in [-0.4, -0.2) is 40.3 Å². The second kappa shape index (κ2) is 7.62. The summed E-state index contributed by atoms with van der Waals surface area (Å²) in [6, 6.07) is 11.8. The van der Waals surface area contributed by atoms with Gasteiger partial charge in [-0.05, 0) is 31.0 Å². The summed E-state index contributed by atoms with van der Waals surface area (Å²) in [7, 11) is 0. The van der Waals surface area contributed by atoms with E-state index in [2.05, 4.69) is 15.3 Å². The number of nitrogens with one attached hydrogen (secondary N) is 1. The Hall–Kier alpha value is -3.29. The van der Waals surface area contributed by atoms with Crippen molar-refractivity contribution in [3.8, 4) is 11.4 Å². The van der Waals surface area contributed by atoms with Crippen LogP contribution in [0.5, 0.6) is 0 Å². The van der Waals surface area contributed by atoms with Gasteiger partial charge in [0.25, 0.3) is 6.43 Å². The number of aromatic nitrogens is 2. The Morgan fingerprint density at radius 3 is 2.79 bits per heavy atom. The first-order chi connectivity index (χ1) is 13.9. The first kappa shape index (κ1) is 19.0. The third kappa shape index (κ3) is 3.83. The van der Waals surface area contributed by atoms with Crippen LogP contribution in [0.4, 0.5) is 19.4 Å². The second-order valence-electron chi connectivity index (χ2n) is 7.16. The number of rotatable bonds is 4. The summed E-state index contributed by atoms with van der Waals surface area (Å²) in [5, 5.41) is 12.3. The van der Waals surface area contributed by atoms with Gasteiger partial charge >= 0.3 is 6.09 Å².